The second-order valence-corrected chi connectivity index (χ2v) is 9.17. The maximum atomic E-state index is 5.96. The Balaban J connectivity index is 1.49. The second kappa shape index (κ2) is 6.85. The minimum Gasteiger partial charge on any atom is -0.244 e. The third kappa shape index (κ3) is 2.87. The summed E-state index contributed by atoms with van der Waals surface area (Å²) in [6.07, 6.45) is 14.6. The summed E-state index contributed by atoms with van der Waals surface area (Å²) in [5.41, 5.74) is 8.62. The highest BCUT2D eigenvalue weighted by Gasteiger charge is 2.35. The van der Waals surface area contributed by atoms with Crippen molar-refractivity contribution in [3.63, 3.8) is 0 Å². The molecule has 6 rings (SSSR count). The predicted octanol–water partition coefficient (Wildman–Crippen LogP) is 7.63. The van der Waals surface area contributed by atoms with Crippen LogP contribution in [0.15, 0.2) is 66.4 Å². The van der Waals surface area contributed by atoms with Crippen LogP contribution in [0.25, 0.3) is 27.5 Å². The number of fused-ring (bicyclic) bond motifs is 4. The number of hydrogen-bond acceptors (Lipinski definition) is 1. The number of benzene rings is 2. The van der Waals surface area contributed by atoms with Crippen molar-refractivity contribution in [1.82, 2.24) is 4.98 Å². The largest absolute Gasteiger partial charge is 0.244 e. The molecular formula is C27H24ClN. The lowest BCUT2D eigenvalue weighted by Crippen LogP contribution is -2.29. The van der Waals surface area contributed by atoms with Crippen molar-refractivity contribution < 1.29 is 0 Å². The zero-order chi connectivity index (χ0) is 19.4. The van der Waals surface area contributed by atoms with E-state index in [2.05, 4.69) is 47.5 Å². The Morgan fingerprint density at radius 2 is 1.86 bits per heavy atom. The van der Waals surface area contributed by atoms with Crippen LogP contribution in [-0.2, 0) is 6.42 Å². The molecule has 2 aromatic carbocycles. The van der Waals surface area contributed by atoms with E-state index < -0.39 is 0 Å². The summed E-state index contributed by atoms with van der Waals surface area (Å²) in [4.78, 5) is 4.25. The van der Waals surface area contributed by atoms with E-state index in [1.807, 2.05) is 18.3 Å². The van der Waals surface area contributed by atoms with Crippen molar-refractivity contribution in [1.29, 1.82) is 0 Å². The summed E-state index contributed by atoms with van der Waals surface area (Å²) in [7, 11) is 0. The fraction of sp³-hybridized carbons (Fsp3) is 0.296. The van der Waals surface area contributed by atoms with E-state index in [-0.39, 0.29) is 0 Å². The molecule has 29 heavy (non-hydrogen) atoms. The van der Waals surface area contributed by atoms with Gasteiger partial charge in [0.2, 0.25) is 0 Å². The topological polar surface area (TPSA) is 12.9 Å². The van der Waals surface area contributed by atoms with Crippen molar-refractivity contribution in [2.24, 2.45) is 11.8 Å². The van der Waals surface area contributed by atoms with Crippen LogP contribution in [0, 0.1) is 11.8 Å². The van der Waals surface area contributed by atoms with Crippen LogP contribution in [-0.4, -0.2) is 4.98 Å². The first-order valence-electron chi connectivity index (χ1n) is 10.9. The summed E-state index contributed by atoms with van der Waals surface area (Å²) >= 11 is 5.96. The molecule has 0 saturated heterocycles. The number of rotatable bonds is 2. The molecule has 1 atom stereocenters. The van der Waals surface area contributed by atoms with Crippen LogP contribution in [0.3, 0.4) is 0 Å². The lowest BCUT2D eigenvalue weighted by Gasteiger charge is -2.40. The van der Waals surface area contributed by atoms with Crippen LogP contribution in [0.1, 0.15) is 43.2 Å². The van der Waals surface area contributed by atoms with Gasteiger partial charge in [-0.05, 0) is 95.2 Å². The Labute approximate surface area is 177 Å². The quantitative estimate of drug-likeness (QED) is 0.405. The van der Waals surface area contributed by atoms with E-state index in [1.165, 1.54) is 66.0 Å². The highest BCUT2D eigenvalue weighted by molar-refractivity contribution is 6.29. The molecule has 1 heterocycles. The Morgan fingerprint density at radius 1 is 0.966 bits per heavy atom. The number of aromatic nitrogens is 1. The number of hydrogen-bond donors (Lipinski definition) is 0. The van der Waals surface area contributed by atoms with Gasteiger partial charge >= 0.3 is 0 Å². The van der Waals surface area contributed by atoms with E-state index in [1.54, 1.807) is 11.1 Å². The third-order valence-corrected chi connectivity index (χ3v) is 7.51. The van der Waals surface area contributed by atoms with Gasteiger partial charge in [-0.25, -0.2) is 4.98 Å². The Kier molecular flexibility index (Phi) is 4.13. The average Bonchev–Trinajstić information content (AvgIpc) is 2.72. The van der Waals surface area contributed by atoms with Gasteiger partial charge in [-0.1, -0.05) is 60.0 Å². The molecule has 1 aromatic heterocycles. The van der Waals surface area contributed by atoms with Gasteiger partial charge < -0.3 is 0 Å². The van der Waals surface area contributed by atoms with Gasteiger partial charge in [-0.15, -0.1) is 0 Å². The molecule has 0 N–H and O–H groups in total. The molecule has 1 saturated carbocycles. The Hall–Kier alpha value is -2.38. The van der Waals surface area contributed by atoms with E-state index in [0.29, 0.717) is 5.15 Å². The summed E-state index contributed by atoms with van der Waals surface area (Å²) in [5, 5.41) is 3.28. The standard InChI is InChI=1S/C27H24ClN/c28-27-13-10-20(16-29-27)18-8-11-21-19(14-18)9-12-24-22-6-1-2-7-23(22)25(15-26(21)24)17-4-3-5-17/h1,6,8-14,16-17,25H,2-5,7,15H2. The number of allylic oxidation sites excluding steroid dienone is 4. The lowest BCUT2D eigenvalue weighted by atomic mass is 9.64. The van der Waals surface area contributed by atoms with Crippen molar-refractivity contribution in [2.75, 3.05) is 0 Å². The van der Waals surface area contributed by atoms with E-state index in [0.717, 1.165) is 17.4 Å². The van der Waals surface area contributed by atoms with E-state index >= 15 is 0 Å². The zero-order valence-corrected chi connectivity index (χ0v) is 17.3. The van der Waals surface area contributed by atoms with Crippen molar-refractivity contribution in [2.45, 2.75) is 38.5 Å². The van der Waals surface area contributed by atoms with Gasteiger partial charge in [-0.3, -0.25) is 0 Å². The van der Waals surface area contributed by atoms with Crippen molar-refractivity contribution in [3.05, 3.63) is 82.7 Å². The van der Waals surface area contributed by atoms with E-state index in [9.17, 15) is 0 Å². The number of nitrogens with zero attached hydrogens (tertiary/aromatic N) is 1. The maximum Gasteiger partial charge on any atom is 0.129 e. The minimum atomic E-state index is 0.537. The first-order valence-corrected chi connectivity index (χ1v) is 11.2. The first kappa shape index (κ1) is 17.5. The van der Waals surface area contributed by atoms with Gasteiger partial charge in [0.25, 0.3) is 0 Å². The molecule has 0 spiro atoms. The van der Waals surface area contributed by atoms with Gasteiger partial charge in [0.05, 0.1) is 0 Å². The molecule has 0 amide bonds. The van der Waals surface area contributed by atoms with Gasteiger partial charge in [0.15, 0.2) is 0 Å². The molecular weight excluding hydrogens is 374 g/mol. The van der Waals surface area contributed by atoms with Gasteiger partial charge in [0.1, 0.15) is 5.15 Å². The fourth-order valence-corrected chi connectivity index (χ4v) is 5.67. The van der Waals surface area contributed by atoms with Crippen LogP contribution in [0.2, 0.25) is 5.15 Å². The molecule has 144 valence electrons. The molecule has 3 aliphatic rings. The number of pyridine rings is 1. The zero-order valence-electron chi connectivity index (χ0n) is 16.5. The van der Waals surface area contributed by atoms with Gasteiger partial charge in [-0.2, -0.15) is 0 Å². The first-order chi connectivity index (χ1) is 14.3. The molecule has 2 heteroatoms. The SMILES string of the molecule is Clc1ccc(-c2ccc3c4c(ccc3c2)C2=C(CCC=C2)C(C2CCC2)C4)cn1. The molecule has 1 fully saturated rings. The summed E-state index contributed by atoms with van der Waals surface area (Å²) in [6, 6.07) is 15.5. The Bertz CT molecular complexity index is 1170. The normalized spacial score (nSPS) is 21.1. The monoisotopic (exact) mass is 397 g/mol. The summed E-state index contributed by atoms with van der Waals surface area (Å²) in [5.74, 6) is 1.65. The molecule has 3 aromatic rings. The second-order valence-electron chi connectivity index (χ2n) is 8.78. The van der Waals surface area contributed by atoms with Crippen LogP contribution < -0.4 is 0 Å². The minimum absolute atomic E-state index is 0.537. The summed E-state index contributed by atoms with van der Waals surface area (Å²) in [6.45, 7) is 0. The van der Waals surface area contributed by atoms with E-state index in [4.69, 9.17) is 11.6 Å². The summed E-state index contributed by atoms with van der Waals surface area (Å²) < 4.78 is 0. The molecule has 0 bridgehead atoms. The lowest BCUT2D eigenvalue weighted by molar-refractivity contribution is 0.227. The van der Waals surface area contributed by atoms with Crippen molar-refractivity contribution in [3.8, 4) is 11.1 Å². The molecule has 3 aliphatic carbocycles. The molecule has 1 unspecified atom stereocenters. The third-order valence-electron chi connectivity index (χ3n) is 7.28. The van der Waals surface area contributed by atoms with Gasteiger partial charge in [0, 0.05) is 11.8 Å². The van der Waals surface area contributed by atoms with Crippen molar-refractivity contribution >= 4 is 27.9 Å². The fourth-order valence-electron chi connectivity index (χ4n) is 5.56. The highest BCUT2D eigenvalue weighted by atomic mass is 35.5. The molecule has 1 nitrogen and oxygen atoms in total. The van der Waals surface area contributed by atoms with Crippen LogP contribution in [0.4, 0.5) is 0 Å². The number of halogens is 1. The average molecular weight is 398 g/mol. The Morgan fingerprint density at radius 3 is 2.66 bits per heavy atom. The van der Waals surface area contributed by atoms with Crippen LogP contribution >= 0.6 is 11.6 Å². The predicted molar refractivity (Wildman–Crippen MR) is 122 cm³/mol. The smallest absolute Gasteiger partial charge is 0.129 e. The van der Waals surface area contributed by atoms with Crippen LogP contribution in [0.5, 0.6) is 0 Å². The molecule has 0 aliphatic heterocycles. The maximum absolute atomic E-state index is 5.96. The highest BCUT2D eigenvalue weighted by Crippen LogP contribution is 2.49. The molecule has 0 radical (unpaired) electrons.